The van der Waals surface area contributed by atoms with Gasteiger partial charge in [-0.05, 0) is 54.6 Å². The van der Waals surface area contributed by atoms with Gasteiger partial charge in [0.2, 0.25) is 0 Å². The summed E-state index contributed by atoms with van der Waals surface area (Å²) in [6, 6.07) is 15.6. The van der Waals surface area contributed by atoms with Gasteiger partial charge in [-0.2, -0.15) is 0 Å². The van der Waals surface area contributed by atoms with Gasteiger partial charge in [0, 0.05) is 13.1 Å². The Morgan fingerprint density at radius 1 is 0.900 bits per heavy atom. The molecule has 0 fully saturated rings. The van der Waals surface area contributed by atoms with Crippen molar-refractivity contribution in [2.75, 3.05) is 14.2 Å². The Hall–Kier alpha value is -2.94. The molecule has 8 heteroatoms. The van der Waals surface area contributed by atoms with Crippen LogP contribution < -0.4 is 25.4 Å². The standard InChI is InChI=1S/C22H28BN3O4/c1-22(26-15-17-6-10-19(30-3)11-7-17)12-13-24-21(23(27)28)20(22)25-14-16-4-8-18(29-2)9-5-16/h4-13,24-28H,14-15H2,1-3H3. The van der Waals surface area contributed by atoms with Crippen LogP contribution in [0.1, 0.15) is 18.1 Å². The zero-order chi connectivity index (χ0) is 21.6. The summed E-state index contributed by atoms with van der Waals surface area (Å²) in [5, 5.41) is 29.6. The number of dihydropyridines is 1. The highest BCUT2D eigenvalue weighted by atomic mass is 16.5. The van der Waals surface area contributed by atoms with Gasteiger partial charge in [-0.15, -0.1) is 0 Å². The molecule has 0 radical (unpaired) electrons. The van der Waals surface area contributed by atoms with Crippen LogP contribution in [0.4, 0.5) is 0 Å². The van der Waals surface area contributed by atoms with E-state index in [0.29, 0.717) is 24.4 Å². The lowest BCUT2D eigenvalue weighted by Crippen LogP contribution is -2.51. The monoisotopic (exact) mass is 409 g/mol. The molecule has 30 heavy (non-hydrogen) atoms. The van der Waals surface area contributed by atoms with Gasteiger partial charge < -0.3 is 30.2 Å². The zero-order valence-corrected chi connectivity index (χ0v) is 17.5. The predicted molar refractivity (Wildman–Crippen MR) is 118 cm³/mol. The average Bonchev–Trinajstić information content (AvgIpc) is 2.77. The van der Waals surface area contributed by atoms with Crippen molar-refractivity contribution in [1.29, 1.82) is 0 Å². The number of methoxy groups -OCH3 is 2. The lowest BCUT2D eigenvalue weighted by molar-refractivity contribution is 0.401. The summed E-state index contributed by atoms with van der Waals surface area (Å²) in [7, 11) is 1.64. The van der Waals surface area contributed by atoms with Crippen LogP contribution >= 0.6 is 0 Å². The third-order valence-electron chi connectivity index (χ3n) is 5.15. The number of benzene rings is 2. The Bertz CT molecular complexity index is 898. The second-order valence-electron chi connectivity index (χ2n) is 7.25. The first-order valence-electron chi connectivity index (χ1n) is 9.75. The summed E-state index contributed by atoms with van der Waals surface area (Å²) in [5.74, 6) is 1.59. The second-order valence-corrected chi connectivity index (χ2v) is 7.25. The molecule has 7 nitrogen and oxygen atoms in total. The fourth-order valence-electron chi connectivity index (χ4n) is 3.33. The lowest BCUT2D eigenvalue weighted by atomic mass is 9.77. The summed E-state index contributed by atoms with van der Waals surface area (Å²) in [5.41, 5.74) is 2.49. The van der Waals surface area contributed by atoms with E-state index in [9.17, 15) is 10.0 Å². The molecular formula is C22H28BN3O4. The van der Waals surface area contributed by atoms with E-state index in [1.165, 1.54) is 0 Å². The minimum absolute atomic E-state index is 0.316. The van der Waals surface area contributed by atoms with E-state index >= 15 is 0 Å². The molecule has 3 rings (SSSR count). The molecule has 0 saturated heterocycles. The molecule has 0 aliphatic carbocycles. The molecule has 2 aromatic rings. The second kappa shape index (κ2) is 9.71. The van der Waals surface area contributed by atoms with E-state index in [2.05, 4.69) is 16.0 Å². The number of hydrogen-bond donors (Lipinski definition) is 5. The number of ether oxygens (including phenoxy) is 2. The molecule has 2 aromatic carbocycles. The van der Waals surface area contributed by atoms with Crippen molar-refractivity contribution in [2.45, 2.75) is 25.6 Å². The summed E-state index contributed by atoms with van der Waals surface area (Å²) < 4.78 is 10.4. The summed E-state index contributed by atoms with van der Waals surface area (Å²) >= 11 is 0. The SMILES string of the molecule is COc1ccc(CNC2=C(B(O)O)NC=CC2(C)NCc2ccc(OC)cc2)cc1. The minimum Gasteiger partial charge on any atom is -0.497 e. The van der Waals surface area contributed by atoms with Crippen molar-refractivity contribution in [2.24, 2.45) is 0 Å². The molecule has 1 aliphatic heterocycles. The highest BCUT2D eigenvalue weighted by Gasteiger charge is 2.34. The van der Waals surface area contributed by atoms with E-state index in [1.54, 1.807) is 20.4 Å². The Morgan fingerprint density at radius 3 is 1.93 bits per heavy atom. The van der Waals surface area contributed by atoms with Crippen molar-refractivity contribution in [1.82, 2.24) is 16.0 Å². The molecule has 1 atom stereocenters. The van der Waals surface area contributed by atoms with Gasteiger partial charge in [0.15, 0.2) is 0 Å². The summed E-state index contributed by atoms with van der Waals surface area (Å²) in [6.07, 6.45) is 3.67. The first-order chi connectivity index (χ1) is 14.4. The maximum Gasteiger partial charge on any atom is 0.507 e. The Labute approximate surface area is 177 Å². The van der Waals surface area contributed by atoms with Gasteiger partial charge in [0.05, 0.1) is 31.1 Å². The number of nitrogens with one attached hydrogen (secondary N) is 3. The van der Waals surface area contributed by atoms with Crippen molar-refractivity contribution in [3.63, 3.8) is 0 Å². The maximum atomic E-state index is 9.89. The Morgan fingerprint density at radius 2 is 1.43 bits per heavy atom. The van der Waals surface area contributed by atoms with Crippen molar-refractivity contribution >= 4 is 7.12 Å². The molecule has 0 saturated carbocycles. The fourth-order valence-corrected chi connectivity index (χ4v) is 3.33. The third-order valence-corrected chi connectivity index (χ3v) is 5.15. The van der Waals surface area contributed by atoms with Crippen molar-refractivity contribution < 1.29 is 19.5 Å². The van der Waals surface area contributed by atoms with Crippen LogP contribution in [-0.2, 0) is 13.1 Å². The fraction of sp³-hybridized carbons (Fsp3) is 0.273. The molecule has 1 aliphatic rings. The van der Waals surface area contributed by atoms with E-state index in [0.717, 1.165) is 22.6 Å². The zero-order valence-electron chi connectivity index (χ0n) is 17.5. The van der Waals surface area contributed by atoms with Gasteiger partial charge in [-0.3, -0.25) is 5.32 Å². The van der Waals surface area contributed by atoms with Crippen LogP contribution in [-0.4, -0.2) is 36.9 Å². The summed E-state index contributed by atoms with van der Waals surface area (Å²) in [4.78, 5) is 0. The van der Waals surface area contributed by atoms with Crippen LogP contribution in [0.15, 0.2) is 72.1 Å². The van der Waals surface area contributed by atoms with Crippen LogP contribution in [0, 0.1) is 0 Å². The van der Waals surface area contributed by atoms with E-state index in [1.807, 2.05) is 61.5 Å². The Kier molecular flexibility index (Phi) is 7.05. The lowest BCUT2D eigenvalue weighted by Gasteiger charge is -2.36. The third kappa shape index (κ3) is 5.15. The molecule has 0 spiro atoms. The first-order valence-corrected chi connectivity index (χ1v) is 9.75. The molecule has 0 amide bonds. The van der Waals surface area contributed by atoms with Crippen molar-refractivity contribution in [3.05, 3.63) is 83.2 Å². The molecule has 1 heterocycles. The highest BCUT2D eigenvalue weighted by Crippen LogP contribution is 2.24. The largest absolute Gasteiger partial charge is 0.507 e. The maximum absolute atomic E-state index is 9.89. The molecule has 0 bridgehead atoms. The highest BCUT2D eigenvalue weighted by molar-refractivity contribution is 6.50. The summed E-state index contributed by atoms with van der Waals surface area (Å²) in [6.45, 7) is 3.10. The first kappa shape index (κ1) is 21.8. The van der Waals surface area contributed by atoms with Crippen LogP contribution in [0.25, 0.3) is 0 Å². The van der Waals surface area contributed by atoms with Crippen molar-refractivity contribution in [3.8, 4) is 11.5 Å². The van der Waals surface area contributed by atoms with E-state index < -0.39 is 12.7 Å². The molecule has 158 valence electrons. The van der Waals surface area contributed by atoms with Crippen LogP contribution in [0.3, 0.4) is 0 Å². The smallest absolute Gasteiger partial charge is 0.497 e. The normalized spacial score (nSPS) is 18.0. The van der Waals surface area contributed by atoms with Gasteiger partial charge in [0.25, 0.3) is 0 Å². The Balaban J connectivity index is 1.76. The predicted octanol–water partition coefficient (Wildman–Crippen LogP) is 1.68. The number of rotatable bonds is 9. The molecule has 0 aromatic heterocycles. The van der Waals surface area contributed by atoms with Gasteiger partial charge in [0.1, 0.15) is 11.5 Å². The molecule has 1 unspecified atom stereocenters. The topological polar surface area (TPSA) is 95.0 Å². The molecule has 5 N–H and O–H groups in total. The van der Waals surface area contributed by atoms with Crippen LogP contribution in [0.5, 0.6) is 11.5 Å². The molecular weight excluding hydrogens is 381 g/mol. The van der Waals surface area contributed by atoms with Gasteiger partial charge in [-0.1, -0.05) is 24.3 Å². The van der Waals surface area contributed by atoms with Gasteiger partial charge in [-0.25, -0.2) is 0 Å². The van der Waals surface area contributed by atoms with Gasteiger partial charge >= 0.3 is 7.12 Å². The average molecular weight is 409 g/mol. The van der Waals surface area contributed by atoms with E-state index in [4.69, 9.17) is 9.47 Å². The minimum atomic E-state index is -1.63. The number of hydrogen-bond acceptors (Lipinski definition) is 7. The quantitative estimate of drug-likeness (QED) is 0.403. The van der Waals surface area contributed by atoms with E-state index in [-0.39, 0.29) is 0 Å². The van der Waals surface area contributed by atoms with Crippen LogP contribution in [0.2, 0.25) is 0 Å².